The molecule has 2 N–H and O–H groups in total. The van der Waals surface area contributed by atoms with Crippen molar-refractivity contribution in [2.45, 2.75) is 26.7 Å². The topological polar surface area (TPSA) is 118 Å². The third-order valence-corrected chi connectivity index (χ3v) is 6.33. The van der Waals surface area contributed by atoms with Crippen LogP contribution in [0.15, 0.2) is 18.5 Å². The molecule has 1 unspecified atom stereocenters. The predicted octanol–water partition coefficient (Wildman–Crippen LogP) is 3.21. The van der Waals surface area contributed by atoms with Crippen molar-refractivity contribution in [3.05, 3.63) is 18.5 Å². The minimum absolute atomic E-state index is 0.0753. The average molecular weight is 484 g/mol. The van der Waals surface area contributed by atoms with Crippen LogP contribution in [0.1, 0.15) is 26.7 Å². The van der Waals surface area contributed by atoms with Crippen molar-refractivity contribution in [1.82, 2.24) is 24.8 Å². The van der Waals surface area contributed by atoms with Gasteiger partial charge in [-0.25, -0.2) is 4.98 Å². The summed E-state index contributed by atoms with van der Waals surface area (Å²) < 4.78 is 16.4. The fraction of sp³-hybridized carbons (Fsp3) is 0.500. The second-order valence-corrected chi connectivity index (χ2v) is 8.31. The number of benzene rings is 1. The first-order valence-electron chi connectivity index (χ1n) is 11.8. The van der Waals surface area contributed by atoms with E-state index in [1.807, 2.05) is 30.9 Å². The molecule has 1 atom stereocenters. The van der Waals surface area contributed by atoms with Crippen LogP contribution in [0, 0.1) is 5.92 Å². The normalized spacial score (nSPS) is 15.7. The second kappa shape index (κ2) is 10.7. The number of methoxy groups -OCH3 is 3. The van der Waals surface area contributed by atoms with Gasteiger partial charge >= 0.3 is 0 Å². The van der Waals surface area contributed by atoms with Crippen LogP contribution in [0.4, 0.5) is 17.5 Å². The van der Waals surface area contributed by atoms with Crippen molar-refractivity contribution in [2.24, 2.45) is 5.92 Å². The number of ether oxygens (including phenoxy) is 3. The number of aromatic amines is 1. The largest absolute Gasteiger partial charge is 0.493 e. The van der Waals surface area contributed by atoms with Crippen molar-refractivity contribution < 1.29 is 19.0 Å². The van der Waals surface area contributed by atoms with E-state index in [9.17, 15) is 4.79 Å². The third kappa shape index (κ3) is 4.89. The molecule has 1 aromatic carbocycles. The summed E-state index contributed by atoms with van der Waals surface area (Å²) in [6.45, 7) is 6.81. The molecule has 0 spiro atoms. The van der Waals surface area contributed by atoms with Gasteiger partial charge in [0.05, 0.1) is 33.6 Å². The molecule has 11 nitrogen and oxygen atoms in total. The van der Waals surface area contributed by atoms with Crippen LogP contribution in [0.5, 0.6) is 17.2 Å². The van der Waals surface area contributed by atoms with Gasteiger partial charge in [0.2, 0.25) is 17.6 Å². The van der Waals surface area contributed by atoms with E-state index in [-0.39, 0.29) is 11.8 Å². The van der Waals surface area contributed by atoms with E-state index < -0.39 is 0 Å². The van der Waals surface area contributed by atoms with E-state index in [1.165, 1.54) is 0 Å². The smallest absolute Gasteiger partial charge is 0.229 e. The Hall–Kier alpha value is -3.76. The molecule has 0 bridgehead atoms. The first kappa shape index (κ1) is 24.4. The lowest BCUT2D eigenvalue weighted by Crippen LogP contribution is -2.45. The quantitative estimate of drug-likeness (QED) is 0.473. The molecule has 2 aromatic heterocycles. The number of amides is 1. The molecule has 1 aliphatic rings. The Kier molecular flexibility index (Phi) is 7.42. The standard InChI is InChI=1S/C24H33N7O4/c1-6-30(7-2)23(32)15-9-8-10-31(13-15)24-28-21-19(25-14-26-21)22(29-24)27-16-11-17(33-3)20(35-5)18(12-16)34-4/h11-12,14-15H,6-10,13H2,1-5H3,(H2,25,26,27,28,29). The lowest BCUT2D eigenvalue weighted by molar-refractivity contribution is -0.135. The molecule has 35 heavy (non-hydrogen) atoms. The minimum Gasteiger partial charge on any atom is -0.493 e. The summed E-state index contributed by atoms with van der Waals surface area (Å²) >= 11 is 0. The van der Waals surface area contributed by atoms with Gasteiger partial charge in [-0.15, -0.1) is 0 Å². The van der Waals surface area contributed by atoms with Gasteiger partial charge < -0.3 is 34.3 Å². The van der Waals surface area contributed by atoms with Gasteiger partial charge in [-0.05, 0) is 26.7 Å². The third-order valence-electron chi connectivity index (χ3n) is 6.33. The highest BCUT2D eigenvalue weighted by atomic mass is 16.5. The Morgan fingerprint density at radius 1 is 1.14 bits per heavy atom. The molecule has 0 saturated carbocycles. The van der Waals surface area contributed by atoms with Crippen LogP contribution in [-0.4, -0.2) is 78.3 Å². The van der Waals surface area contributed by atoms with E-state index in [2.05, 4.69) is 25.2 Å². The SMILES string of the molecule is CCN(CC)C(=O)C1CCCN(c2nc(Nc3cc(OC)c(OC)c(OC)c3)c3[nH]cnc3n2)C1. The summed E-state index contributed by atoms with van der Waals surface area (Å²) in [6.07, 6.45) is 3.36. The first-order chi connectivity index (χ1) is 17.0. The van der Waals surface area contributed by atoms with Crippen molar-refractivity contribution in [2.75, 3.05) is 57.7 Å². The molecule has 3 heterocycles. The van der Waals surface area contributed by atoms with Crippen LogP contribution in [0.2, 0.25) is 0 Å². The molecule has 1 aliphatic heterocycles. The number of rotatable bonds is 9. The maximum Gasteiger partial charge on any atom is 0.229 e. The fourth-order valence-corrected chi connectivity index (χ4v) is 4.50. The van der Waals surface area contributed by atoms with Crippen molar-refractivity contribution in [1.29, 1.82) is 0 Å². The first-order valence-corrected chi connectivity index (χ1v) is 11.8. The monoisotopic (exact) mass is 483 g/mol. The number of anilines is 3. The molecule has 0 radical (unpaired) electrons. The van der Waals surface area contributed by atoms with E-state index >= 15 is 0 Å². The number of imidazole rings is 1. The summed E-state index contributed by atoms with van der Waals surface area (Å²) in [6, 6.07) is 3.62. The highest BCUT2D eigenvalue weighted by molar-refractivity contribution is 5.87. The van der Waals surface area contributed by atoms with E-state index in [0.717, 1.165) is 19.4 Å². The lowest BCUT2D eigenvalue weighted by Gasteiger charge is -2.34. The van der Waals surface area contributed by atoms with Gasteiger partial charge in [-0.3, -0.25) is 4.79 Å². The van der Waals surface area contributed by atoms with E-state index in [4.69, 9.17) is 19.2 Å². The number of hydrogen-bond acceptors (Lipinski definition) is 9. The molecule has 188 valence electrons. The summed E-state index contributed by atoms with van der Waals surface area (Å²) in [5.41, 5.74) is 1.92. The van der Waals surface area contributed by atoms with Gasteiger partial charge in [0.25, 0.3) is 0 Å². The van der Waals surface area contributed by atoms with Crippen LogP contribution in [0.25, 0.3) is 11.2 Å². The number of nitrogens with zero attached hydrogens (tertiary/aromatic N) is 5. The number of H-pyrrole nitrogens is 1. The summed E-state index contributed by atoms with van der Waals surface area (Å²) in [5.74, 6) is 2.78. The number of piperidine rings is 1. The van der Waals surface area contributed by atoms with Gasteiger partial charge in [0.15, 0.2) is 23.0 Å². The predicted molar refractivity (Wildman–Crippen MR) is 134 cm³/mol. The number of carbonyl (C=O) groups excluding carboxylic acids is 1. The van der Waals surface area contributed by atoms with Crippen LogP contribution >= 0.6 is 0 Å². The Labute approximate surface area is 204 Å². The number of carbonyl (C=O) groups is 1. The lowest BCUT2D eigenvalue weighted by atomic mass is 9.96. The van der Waals surface area contributed by atoms with Gasteiger partial charge in [-0.1, -0.05) is 0 Å². The number of nitrogens with one attached hydrogen (secondary N) is 2. The van der Waals surface area contributed by atoms with Gasteiger partial charge in [0.1, 0.15) is 5.52 Å². The molecular formula is C24H33N7O4. The Balaban J connectivity index is 1.66. The van der Waals surface area contributed by atoms with Crippen molar-refractivity contribution in [3.8, 4) is 17.2 Å². The van der Waals surface area contributed by atoms with Crippen molar-refractivity contribution >= 4 is 34.5 Å². The Morgan fingerprint density at radius 2 is 1.86 bits per heavy atom. The van der Waals surface area contributed by atoms with Crippen LogP contribution in [0.3, 0.4) is 0 Å². The zero-order valence-electron chi connectivity index (χ0n) is 20.9. The zero-order chi connectivity index (χ0) is 24.9. The van der Waals surface area contributed by atoms with E-state index in [1.54, 1.807) is 27.7 Å². The average Bonchev–Trinajstić information content (AvgIpc) is 3.38. The highest BCUT2D eigenvalue weighted by Crippen LogP contribution is 2.41. The molecule has 1 saturated heterocycles. The number of fused-ring (bicyclic) bond motifs is 1. The molecule has 1 amide bonds. The zero-order valence-corrected chi connectivity index (χ0v) is 20.9. The Bertz CT molecular complexity index is 1150. The summed E-state index contributed by atoms with van der Waals surface area (Å²) in [7, 11) is 4.71. The molecular weight excluding hydrogens is 450 g/mol. The molecule has 0 aliphatic carbocycles. The highest BCUT2D eigenvalue weighted by Gasteiger charge is 2.30. The van der Waals surface area contributed by atoms with Gasteiger partial charge in [-0.2, -0.15) is 9.97 Å². The summed E-state index contributed by atoms with van der Waals surface area (Å²) in [4.78, 5) is 33.9. The second-order valence-electron chi connectivity index (χ2n) is 8.31. The molecule has 4 rings (SSSR count). The molecule has 3 aromatic rings. The molecule has 11 heteroatoms. The van der Waals surface area contributed by atoms with Crippen LogP contribution < -0.4 is 24.4 Å². The minimum atomic E-state index is -0.0753. The number of hydrogen-bond donors (Lipinski definition) is 2. The van der Waals surface area contributed by atoms with E-state index in [0.29, 0.717) is 65.5 Å². The number of aromatic nitrogens is 4. The summed E-state index contributed by atoms with van der Waals surface area (Å²) in [5, 5.41) is 3.34. The fourth-order valence-electron chi connectivity index (χ4n) is 4.50. The maximum absolute atomic E-state index is 13.0. The van der Waals surface area contributed by atoms with Crippen molar-refractivity contribution in [3.63, 3.8) is 0 Å². The van der Waals surface area contributed by atoms with Crippen LogP contribution in [-0.2, 0) is 4.79 Å². The molecule has 1 fully saturated rings. The maximum atomic E-state index is 13.0. The van der Waals surface area contributed by atoms with Gasteiger partial charge in [0, 0.05) is 44.0 Å². The Morgan fingerprint density at radius 3 is 2.49 bits per heavy atom.